The normalized spacial score (nSPS) is 20.8. The monoisotopic (exact) mass is 270 g/mol. The van der Waals surface area contributed by atoms with Crippen molar-refractivity contribution in [2.24, 2.45) is 0 Å². The SMILES string of the molecule is O=S(=O)([O-])C1CCCCC1.[Ag+]. The van der Waals surface area contributed by atoms with Crippen molar-refractivity contribution in [3.05, 3.63) is 0 Å². The van der Waals surface area contributed by atoms with Gasteiger partial charge in [0.2, 0.25) is 0 Å². The first-order valence-electron chi connectivity index (χ1n) is 3.55. The second-order valence-electron chi connectivity index (χ2n) is 2.75. The first kappa shape index (κ1) is 11.7. The van der Waals surface area contributed by atoms with Crippen molar-refractivity contribution in [2.75, 3.05) is 0 Å². The molecule has 0 spiro atoms. The van der Waals surface area contributed by atoms with Crippen LogP contribution in [0.2, 0.25) is 0 Å². The van der Waals surface area contributed by atoms with Gasteiger partial charge in [-0.1, -0.05) is 19.3 Å². The van der Waals surface area contributed by atoms with Crippen molar-refractivity contribution < 1.29 is 35.4 Å². The second kappa shape index (κ2) is 4.62. The Morgan fingerprint density at radius 2 is 1.55 bits per heavy atom. The smallest absolute Gasteiger partial charge is 0.748 e. The Bertz CT molecular complexity index is 194. The zero-order valence-corrected chi connectivity index (χ0v) is 8.35. The van der Waals surface area contributed by atoms with Crippen LogP contribution in [0.15, 0.2) is 0 Å². The van der Waals surface area contributed by atoms with E-state index in [9.17, 15) is 13.0 Å². The molecule has 0 amide bonds. The van der Waals surface area contributed by atoms with Gasteiger partial charge in [-0.15, -0.1) is 0 Å². The van der Waals surface area contributed by atoms with Gasteiger partial charge in [0, 0.05) is 5.25 Å². The summed E-state index contributed by atoms with van der Waals surface area (Å²) in [5.74, 6) is 0. The Morgan fingerprint density at radius 1 is 1.09 bits per heavy atom. The quantitative estimate of drug-likeness (QED) is 0.525. The number of hydrogen-bond donors (Lipinski definition) is 0. The van der Waals surface area contributed by atoms with Crippen LogP contribution in [0.4, 0.5) is 0 Å². The summed E-state index contributed by atoms with van der Waals surface area (Å²) >= 11 is 0. The van der Waals surface area contributed by atoms with Gasteiger partial charge in [-0.25, -0.2) is 8.42 Å². The zero-order valence-electron chi connectivity index (χ0n) is 6.05. The average molecular weight is 271 g/mol. The van der Waals surface area contributed by atoms with Crippen molar-refractivity contribution in [1.29, 1.82) is 0 Å². The third kappa shape index (κ3) is 3.71. The van der Waals surface area contributed by atoms with Crippen LogP contribution in [0.25, 0.3) is 0 Å². The molecule has 0 aromatic heterocycles. The van der Waals surface area contributed by atoms with Gasteiger partial charge in [-0.05, 0) is 12.8 Å². The number of rotatable bonds is 1. The molecule has 11 heavy (non-hydrogen) atoms. The minimum atomic E-state index is -3.98. The minimum Gasteiger partial charge on any atom is -0.748 e. The van der Waals surface area contributed by atoms with Gasteiger partial charge in [0.25, 0.3) is 0 Å². The van der Waals surface area contributed by atoms with Crippen LogP contribution in [0.3, 0.4) is 0 Å². The van der Waals surface area contributed by atoms with E-state index in [4.69, 9.17) is 0 Å². The van der Waals surface area contributed by atoms with Crippen molar-refractivity contribution in [1.82, 2.24) is 0 Å². The van der Waals surface area contributed by atoms with E-state index in [0.717, 1.165) is 19.3 Å². The summed E-state index contributed by atoms with van der Waals surface area (Å²) in [5.41, 5.74) is 0. The molecule has 1 aliphatic rings. The first-order chi connectivity index (χ1) is 4.61. The van der Waals surface area contributed by atoms with Crippen LogP contribution < -0.4 is 0 Å². The molecule has 1 aliphatic carbocycles. The molecule has 0 bridgehead atoms. The van der Waals surface area contributed by atoms with Crippen LogP contribution in [-0.4, -0.2) is 18.2 Å². The van der Waals surface area contributed by atoms with Gasteiger partial charge in [0.1, 0.15) is 0 Å². The molecule has 0 aromatic carbocycles. The largest absolute Gasteiger partial charge is 1.00 e. The third-order valence-electron chi connectivity index (χ3n) is 1.96. The molecule has 0 atom stereocenters. The topological polar surface area (TPSA) is 57.2 Å². The van der Waals surface area contributed by atoms with Crippen LogP contribution in [-0.2, 0) is 32.5 Å². The van der Waals surface area contributed by atoms with E-state index in [0.29, 0.717) is 12.8 Å². The molecule has 0 aliphatic heterocycles. The molecule has 0 heterocycles. The Balaban J connectivity index is 0.000001000. The van der Waals surface area contributed by atoms with Gasteiger partial charge in [0.15, 0.2) is 0 Å². The third-order valence-corrected chi connectivity index (χ3v) is 3.25. The maximum Gasteiger partial charge on any atom is 1.00 e. The number of hydrogen-bond acceptors (Lipinski definition) is 3. The Kier molecular flexibility index (Phi) is 4.89. The predicted molar refractivity (Wildman–Crippen MR) is 36.6 cm³/mol. The standard InChI is InChI=1S/C6H12O3S.Ag/c7-10(8,9)6-4-2-1-3-5-6;/h6H,1-5H2,(H,7,8,9);/q;+1/p-1. The summed E-state index contributed by atoms with van der Waals surface area (Å²) in [6.07, 6.45) is 4.02. The van der Waals surface area contributed by atoms with E-state index >= 15 is 0 Å². The summed E-state index contributed by atoms with van der Waals surface area (Å²) in [5, 5.41) is -0.582. The molecule has 0 N–H and O–H groups in total. The summed E-state index contributed by atoms with van der Waals surface area (Å²) in [7, 11) is -3.98. The summed E-state index contributed by atoms with van der Waals surface area (Å²) in [6, 6.07) is 0. The van der Waals surface area contributed by atoms with Crippen molar-refractivity contribution in [2.45, 2.75) is 37.4 Å². The Hall–Kier alpha value is 0.650. The Labute approximate surface area is 82.8 Å². The van der Waals surface area contributed by atoms with Crippen LogP contribution in [0.5, 0.6) is 0 Å². The van der Waals surface area contributed by atoms with Crippen LogP contribution >= 0.6 is 0 Å². The fraction of sp³-hybridized carbons (Fsp3) is 1.00. The van der Waals surface area contributed by atoms with Crippen LogP contribution in [0.1, 0.15) is 32.1 Å². The van der Waals surface area contributed by atoms with E-state index in [-0.39, 0.29) is 22.4 Å². The summed E-state index contributed by atoms with van der Waals surface area (Å²) in [4.78, 5) is 0. The fourth-order valence-corrected chi connectivity index (χ4v) is 2.26. The summed E-state index contributed by atoms with van der Waals surface area (Å²) in [6.45, 7) is 0. The molecule has 0 saturated heterocycles. The molecule has 1 saturated carbocycles. The average Bonchev–Trinajstić information content (AvgIpc) is 1.88. The summed E-state index contributed by atoms with van der Waals surface area (Å²) < 4.78 is 31.3. The molecule has 0 radical (unpaired) electrons. The van der Waals surface area contributed by atoms with Crippen molar-refractivity contribution in [3.8, 4) is 0 Å². The molecule has 1 fully saturated rings. The van der Waals surface area contributed by atoms with E-state index in [1.54, 1.807) is 0 Å². The molecule has 0 aromatic rings. The zero-order chi connectivity index (χ0) is 7.61. The Morgan fingerprint density at radius 3 is 1.82 bits per heavy atom. The van der Waals surface area contributed by atoms with Crippen LogP contribution in [0, 0.1) is 0 Å². The van der Waals surface area contributed by atoms with E-state index < -0.39 is 15.4 Å². The minimum absolute atomic E-state index is 0. The molecule has 5 heteroatoms. The predicted octanol–water partition coefficient (Wildman–Crippen LogP) is 0.862. The first-order valence-corrected chi connectivity index (χ1v) is 5.02. The van der Waals surface area contributed by atoms with E-state index in [2.05, 4.69) is 0 Å². The molecule has 1 rings (SSSR count). The molecule has 0 unspecified atom stereocenters. The molecular formula is C6H11AgO3S. The van der Waals surface area contributed by atoms with Gasteiger partial charge in [0.05, 0.1) is 10.1 Å². The van der Waals surface area contributed by atoms with E-state index in [1.165, 1.54) is 0 Å². The van der Waals surface area contributed by atoms with Gasteiger partial charge in [-0.3, -0.25) is 0 Å². The van der Waals surface area contributed by atoms with Gasteiger partial charge >= 0.3 is 22.4 Å². The second-order valence-corrected chi connectivity index (χ2v) is 4.41. The molecule has 70 valence electrons. The maximum absolute atomic E-state index is 10.4. The fourth-order valence-electron chi connectivity index (χ4n) is 1.35. The van der Waals surface area contributed by atoms with E-state index in [1.807, 2.05) is 0 Å². The maximum atomic E-state index is 10.4. The van der Waals surface area contributed by atoms with Crippen molar-refractivity contribution in [3.63, 3.8) is 0 Å². The van der Waals surface area contributed by atoms with Crippen molar-refractivity contribution >= 4 is 10.1 Å². The molecule has 3 nitrogen and oxygen atoms in total. The van der Waals surface area contributed by atoms with Gasteiger partial charge in [-0.2, -0.15) is 0 Å². The van der Waals surface area contributed by atoms with Gasteiger partial charge < -0.3 is 4.55 Å². The molecular weight excluding hydrogens is 260 g/mol.